The lowest BCUT2D eigenvalue weighted by molar-refractivity contribution is 0.192. The molecular weight excluding hydrogens is 280 g/mol. The second-order valence-corrected chi connectivity index (χ2v) is 6.27. The van der Waals surface area contributed by atoms with Gasteiger partial charge in [0.2, 0.25) is 0 Å². The molecule has 0 spiro atoms. The van der Waals surface area contributed by atoms with Crippen LogP contribution >= 0.6 is 12.2 Å². The number of benzene rings is 1. The molecule has 3 nitrogen and oxygen atoms in total. The summed E-state index contributed by atoms with van der Waals surface area (Å²) in [4.78, 5) is 3.01. The fourth-order valence-corrected chi connectivity index (χ4v) is 2.99. The number of likely N-dealkylation sites (tertiary alicyclic amines) is 1. The fraction of sp³-hybridized carbons (Fsp3) is 0.588. The first-order chi connectivity index (χ1) is 10.2. The summed E-state index contributed by atoms with van der Waals surface area (Å²) in [5.74, 6) is 0.851. The molecule has 1 unspecified atom stereocenters. The first kappa shape index (κ1) is 16.2. The highest BCUT2D eigenvalue weighted by molar-refractivity contribution is 7.80. The van der Waals surface area contributed by atoms with Gasteiger partial charge in [-0.25, -0.2) is 0 Å². The van der Waals surface area contributed by atoms with Gasteiger partial charge in [0.15, 0.2) is 0 Å². The third-order valence-electron chi connectivity index (χ3n) is 4.17. The molecule has 1 aromatic rings. The number of ether oxygens (including phenoxy) is 1. The van der Waals surface area contributed by atoms with E-state index in [1.54, 1.807) is 0 Å². The van der Waals surface area contributed by atoms with Crippen LogP contribution in [0.25, 0.3) is 0 Å². The minimum absolute atomic E-state index is 0.416. The second-order valence-electron chi connectivity index (χ2n) is 5.83. The van der Waals surface area contributed by atoms with Crippen LogP contribution in [-0.2, 0) is 0 Å². The largest absolute Gasteiger partial charge is 0.494 e. The first-order valence-corrected chi connectivity index (χ1v) is 8.34. The fourth-order valence-electron chi connectivity index (χ4n) is 2.86. The molecule has 21 heavy (non-hydrogen) atoms. The zero-order valence-electron chi connectivity index (χ0n) is 12.9. The van der Waals surface area contributed by atoms with Crippen LogP contribution in [0.3, 0.4) is 0 Å². The molecule has 2 rings (SSSR count). The smallest absolute Gasteiger partial charge is 0.119 e. The lowest BCUT2D eigenvalue weighted by Gasteiger charge is -2.26. The van der Waals surface area contributed by atoms with Gasteiger partial charge in [-0.05, 0) is 44.9 Å². The van der Waals surface area contributed by atoms with Crippen molar-refractivity contribution >= 4 is 17.2 Å². The molecule has 1 fully saturated rings. The zero-order valence-corrected chi connectivity index (χ0v) is 13.7. The van der Waals surface area contributed by atoms with Crippen molar-refractivity contribution in [3.05, 3.63) is 29.8 Å². The van der Waals surface area contributed by atoms with Crippen LogP contribution < -0.4 is 10.5 Å². The number of thiocarbonyl (C=S) groups is 1. The van der Waals surface area contributed by atoms with Gasteiger partial charge in [0.05, 0.1) is 6.61 Å². The molecule has 1 atom stereocenters. The van der Waals surface area contributed by atoms with Gasteiger partial charge in [0, 0.05) is 18.2 Å². The summed E-state index contributed by atoms with van der Waals surface area (Å²) in [5, 5.41) is 0. The van der Waals surface area contributed by atoms with E-state index >= 15 is 0 Å². The molecule has 1 heterocycles. The first-order valence-electron chi connectivity index (χ1n) is 7.93. The number of nitrogens with two attached hydrogens (primary N) is 1. The Morgan fingerprint density at radius 3 is 3.05 bits per heavy atom. The van der Waals surface area contributed by atoms with E-state index in [4.69, 9.17) is 22.7 Å². The van der Waals surface area contributed by atoms with Gasteiger partial charge in [-0.2, -0.15) is 0 Å². The van der Waals surface area contributed by atoms with Crippen molar-refractivity contribution in [3.8, 4) is 5.75 Å². The van der Waals surface area contributed by atoms with Gasteiger partial charge < -0.3 is 15.4 Å². The Bertz CT molecular complexity index is 464. The Morgan fingerprint density at radius 2 is 2.24 bits per heavy atom. The average Bonchev–Trinajstić information content (AvgIpc) is 2.69. The minimum atomic E-state index is 0.416. The van der Waals surface area contributed by atoms with Gasteiger partial charge in [-0.3, -0.25) is 0 Å². The lowest BCUT2D eigenvalue weighted by Crippen LogP contribution is -2.34. The Hall–Kier alpha value is -1.13. The van der Waals surface area contributed by atoms with Crippen LogP contribution in [0.5, 0.6) is 5.75 Å². The van der Waals surface area contributed by atoms with E-state index in [1.165, 1.54) is 32.2 Å². The molecule has 0 aromatic heterocycles. The van der Waals surface area contributed by atoms with Crippen molar-refractivity contribution in [1.82, 2.24) is 4.90 Å². The summed E-state index contributed by atoms with van der Waals surface area (Å²) >= 11 is 4.98. The molecule has 116 valence electrons. The maximum Gasteiger partial charge on any atom is 0.119 e. The van der Waals surface area contributed by atoms with E-state index < -0.39 is 0 Å². The van der Waals surface area contributed by atoms with Crippen LogP contribution in [0.15, 0.2) is 24.3 Å². The Balaban J connectivity index is 1.74. The van der Waals surface area contributed by atoms with Crippen molar-refractivity contribution in [2.75, 3.05) is 19.7 Å². The summed E-state index contributed by atoms with van der Waals surface area (Å²) in [7, 11) is 0. The molecule has 1 saturated heterocycles. The van der Waals surface area contributed by atoms with Gasteiger partial charge in [0.25, 0.3) is 0 Å². The summed E-state index contributed by atoms with van der Waals surface area (Å²) in [6.07, 6.45) is 6.47. The average molecular weight is 306 g/mol. The highest BCUT2D eigenvalue weighted by Crippen LogP contribution is 2.17. The highest BCUT2D eigenvalue weighted by atomic mass is 32.1. The lowest BCUT2D eigenvalue weighted by atomic mass is 10.1. The normalized spacial score (nSPS) is 20.0. The maximum absolute atomic E-state index is 5.81. The molecule has 2 N–H and O–H groups in total. The predicted octanol–water partition coefficient (Wildman–Crippen LogP) is 3.35. The summed E-state index contributed by atoms with van der Waals surface area (Å²) in [6, 6.07) is 8.42. The number of hydrogen-bond donors (Lipinski definition) is 1. The molecule has 0 radical (unpaired) electrons. The molecule has 1 aromatic carbocycles. The van der Waals surface area contributed by atoms with Crippen molar-refractivity contribution < 1.29 is 4.74 Å². The number of hydrogen-bond acceptors (Lipinski definition) is 3. The summed E-state index contributed by atoms with van der Waals surface area (Å²) in [5.41, 5.74) is 6.50. The van der Waals surface area contributed by atoms with Crippen molar-refractivity contribution in [3.63, 3.8) is 0 Å². The third kappa shape index (κ3) is 5.29. The predicted molar refractivity (Wildman–Crippen MR) is 91.9 cm³/mol. The van der Waals surface area contributed by atoms with E-state index in [0.717, 1.165) is 30.9 Å². The van der Waals surface area contributed by atoms with E-state index in [0.29, 0.717) is 11.0 Å². The third-order valence-corrected chi connectivity index (χ3v) is 4.40. The van der Waals surface area contributed by atoms with Crippen LogP contribution in [-0.4, -0.2) is 35.6 Å². The van der Waals surface area contributed by atoms with Gasteiger partial charge in [0.1, 0.15) is 10.7 Å². The van der Waals surface area contributed by atoms with Crippen LogP contribution in [0.2, 0.25) is 0 Å². The number of nitrogens with zero attached hydrogens (tertiary/aromatic N) is 1. The molecular formula is C17H26N2OS. The monoisotopic (exact) mass is 306 g/mol. The Morgan fingerprint density at radius 1 is 1.38 bits per heavy atom. The number of rotatable bonds is 6. The van der Waals surface area contributed by atoms with Crippen LogP contribution in [0, 0.1) is 0 Å². The molecule has 0 bridgehead atoms. The quantitative estimate of drug-likeness (QED) is 0.646. The zero-order chi connectivity index (χ0) is 15.1. The maximum atomic E-state index is 5.81. The van der Waals surface area contributed by atoms with Gasteiger partial charge >= 0.3 is 0 Å². The molecule has 0 amide bonds. The molecule has 4 heteroatoms. The van der Waals surface area contributed by atoms with E-state index in [1.807, 2.05) is 24.3 Å². The van der Waals surface area contributed by atoms with E-state index in [2.05, 4.69) is 11.8 Å². The highest BCUT2D eigenvalue weighted by Gasteiger charge is 2.15. The standard InChI is InChI=1S/C17H26N2OS/c1-14-7-3-2-4-10-19(14)11-6-12-20-16-9-5-8-15(13-16)17(18)21/h5,8-9,13-14H,2-4,6-7,10-12H2,1H3,(H2,18,21). The summed E-state index contributed by atoms with van der Waals surface area (Å²) < 4.78 is 5.81. The Labute approximate surface area is 133 Å². The second kappa shape index (κ2) is 8.35. The van der Waals surface area contributed by atoms with E-state index in [9.17, 15) is 0 Å². The van der Waals surface area contributed by atoms with Crippen LogP contribution in [0.1, 0.15) is 44.6 Å². The van der Waals surface area contributed by atoms with Crippen molar-refractivity contribution in [2.24, 2.45) is 5.73 Å². The minimum Gasteiger partial charge on any atom is -0.494 e. The van der Waals surface area contributed by atoms with Crippen molar-refractivity contribution in [1.29, 1.82) is 0 Å². The van der Waals surface area contributed by atoms with Gasteiger partial charge in [-0.15, -0.1) is 0 Å². The molecule has 1 aliphatic heterocycles. The summed E-state index contributed by atoms with van der Waals surface area (Å²) in [6.45, 7) is 5.44. The van der Waals surface area contributed by atoms with Crippen LogP contribution in [0.4, 0.5) is 0 Å². The van der Waals surface area contributed by atoms with Crippen molar-refractivity contribution in [2.45, 2.75) is 45.1 Å². The van der Waals surface area contributed by atoms with Gasteiger partial charge in [-0.1, -0.05) is 37.2 Å². The Kier molecular flexibility index (Phi) is 6.46. The topological polar surface area (TPSA) is 38.5 Å². The SMILES string of the molecule is CC1CCCCCN1CCCOc1cccc(C(N)=S)c1. The van der Waals surface area contributed by atoms with E-state index in [-0.39, 0.29) is 0 Å². The molecule has 1 aliphatic rings. The molecule has 0 saturated carbocycles. The molecule has 0 aliphatic carbocycles.